The molecule has 0 amide bonds. The number of hydrogen-bond acceptors (Lipinski definition) is 5. The van der Waals surface area contributed by atoms with E-state index in [2.05, 4.69) is 4.90 Å². The monoisotopic (exact) mass is 413 g/mol. The number of carbonyl (C=O) groups is 2. The lowest BCUT2D eigenvalue weighted by Crippen LogP contribution is -2.43. The standard InChI is InChI=1S/C23H24FNO3S/c1-15(26)29-21-8-10-25(13-18(21)12-16-9-11-28-14-16)22(23(27)17-6-7-17)19-4-2-3-5-20(19)24/h2-5,9,11-12,14,17,21-22H,6-8,10,13H2,1H3/b18-12+. The van der Waals surface area contributed by atoms with Gasteiger partial charge in [0.1, 0.15) is 5.82 Å². The largest absolute Gasteiger partial charge is 0.472 e. The fourth-order valence-corrected chi connectivity index (χ4v) is 4.88. The summed E-state index contributed by atoms with van der Waals surface area (Å²) in [6.07, 6.45) is 7.80. The average molecular weight is 414 g/mol. The number of halogens is 1. The first-order valence-corrected chi connectivity index (χ1v) is 10.8. The first kappa shape index (κ1) is 20.1. The van der Waals surface area contributed by atoms with E-state index >= 15 is 0 Å². The number of carbonyl (C=O) groups excluding carboxylic acids is 2. The molecule has 1 saturated heterocycles. The molecule has 1 saturated carbocycles. The van der Waals surface area contributed by atoms with Crippen molar-refractivity contribution in [2.24, 2.45) is 5.92 Å². The Labute approximate surface area is 174 Å². The summed E-state index contributed by atoms with van der Waals surface area (Å²) in [5.41, 5.74) is 2.43. The summed E-state index contributed by atoms with van der Waals surface area (Å²) in [5.74, 6) is -0.201. The Hall–Kier alpha value is -2.18. The van der Waals surface area contributed by atoms with Gasteiger partial charge in [0, 0.05) is 42.3 Å². The van der Waals surface area contributed by atoms with Crippen molar-refractivity contribution in [2.45, 2.75) is 37.5 Å². The molecule has 2 atom stereocenters. The number of rotatable bonds is 6. The van der Waals surface area contributed by atoms with Gasteiger partial charge in [-0.05, 0) is 37.0 Å². The number of Topliss-reactive ketones (excluding diaryl/α,β-unsaturated/α-hetero) is 1. The van der Waals surface area contributed by atoms with E-state index in [0.29, 0.717) is 18.7 Å². The number of piperidine rings is 1. The Morgan fingerprint density at radius 3 is 2.69 bits per heavy atom. The molecule has 2 aromatic rings. The van der Waals surface area contributed by atoms with E-state index in [1.807, 2.05) is 12.1 Å². The van der Waals surface area contributed by atoms with Crippen LogP contribution in [-0.4, -0.2) is 34.1 Å². The lowest BCUT2D eigenvalue weighted by atomic mass is 9.93. The Morgan fingerprint density at radius 2 is 2.03 bits per heavy atom. The summed E-state index contributed by atoms with van der Waals surface area (Å²) in [7, 11) is 0. The number of thioether (sulfide) groups is 1. The van der Waals surface area contributed by atoms with Crippen molar-refractivity contribution < 1.29 is 18.4 Å². The van der Waals surface area contributed by atoms with Crippen molar-refractivity contribution in [3.8, 4) is 0 Å². The van der Waals surface area contributed by atoms with Crippen molar-refractivity contribution in [3.05, 3.63) is 65.4 Å². The van der Waals surface area contributed by atoms with Crippen LogP contribution in [0.25, 0.3) is 6.08 Å². The second-order valence-electron chi connectivity index (χ2n) is 7.73. The maximum Gasteiger partial charge on any atom is 0.186 e. The second-order valence-corrected chi connectivity index (χ2v) is 9.11. The second kappa shape index (κ2) is 8.67. The molecular weight excluding hydrogens is 389 g/mol. The van der Waals surface area contributed by atoms with Crippen LogP contribution < -0.4 is 0 Å². The summed E-state index contributed by atoms with van der Waals surface area (Å²) in [6.45, 7) is 2.74. The number of benzene rings is 1. The molecule has 1 aromatic carbocycles. The highest BCUT2D eigenvalue weighted by Crippen LogP contribution is 2.40. The smallest absolute Gasteiger partial charge is 0.186 e. The van der Waals surface area contributed by atoms with Crippen LogP contribution in [0.5, 0.6) is 0 Å². The van der Waals surface area contributed by atoms with Crippen LogP contribution in [0.15, 0.2) is 52.8 Å². The zero-order valence-corrected chi connectivity index (χ0v) is 17.2. The lowest BCUT2D eigenvalue weighted by molar-refractivity contribution is -0.126. The molecule has 4 rings (SSSR count). The topological polar surface area (TPSA) is 50.5 Å². The Balaban J connectivity index is 1.66. The van der Waals surface area contributed by atoms with Gasteiger partial charge in [-0.1, -0.05) is 36.0 Å². The van der Waals surface area contributed by atoms with E-state index in [-0.39, 0.29) is 27.9 Å². The molecular formula is C23H24FNO3S. The van der Waals surface area contributed by atoms with E-state index in [1.165, 1.54) is 17.8 Å². The molecule has 1 aliphatic carbocycles. The van der Waals surface area contributed by atoms with Crippen LogP contribution in [0.1, 0.15) is 43.4 Å². The molecule has 6 heteroatoms. The Morgan fingerprint density at radius 1 is 1.24 bits per heavy atom. The van der Waals surface area contributed by atoms with Gasteiger partial charge < -0.3 is 4.42 Å². The van der Waals surface area contributed by atoms with Gasteiger partial charge in [0.15, 0.2) is 10.9 Å². The lowest BCUT2D eigenvalue weighted by Gasteiger charge is -2.38. The third-order valence-corrected chi connectivity index (χ3v) is 6.65. The quantitative estimate of drug-likeness (QED) is 0.676. The van der Waals surface area contributed by atoms with Gasteiger partial charge in [-0.2, -0.15) is 0 Å². The van der Waals surface area contributed by atoms with Crippen LogP contribution in [0.2, 0.25) is 0 Å². The van der Waals surface area contributed by atoms with Crippen LogP contribution in [0.4, 0.5) is 4.39 Å². The molecule has 2 heterocycles. The number of furan rings is 1. The normalized spacial score (nSPS) is 22.6. The minimum absolute atomic E-state index is 0.0326. The average Bonchev–Trinajstić information content (AvgIpc) is 3.42. The fourth-order valence-electron chi connectivity index (χ4n) is 3.97. The van der Waals surface area contributed by atoms with Crippen molar-refractivity contribution in [1.82, 2.24) is 4.90 Å². The van der Waals surface area contributed by atoms with E-state index in [9.17, 15) is 14.0 Å². The minimum Gasteiger partial charge on any atom is -0.472 e. The van der Waals surface area contributed by atoms with Crippen LogP contribution >= 0.6 is 11.8 Å². The summed E-state index contributed by atoms with van der Waals surface area (Å²) in [4.78, 5) is 27.0. The maximum atomic E-state index is 14.6. The minimum atomic E-state index is -0.584. The van der Waals surface area contributed by atoms with Gasteiger partial charge in [-0.3, -0.25) is 14.5 Å². The molecule has 2 unspecified atom stereocenters. The first-order chi connectivity index (χ1) is 14.0. The molecule has 0 spiro atoms. The van der Waals surface area contributed by atoms with Gasteiger partial charge in [-0.15, -0.1) is 0 Å². The van der Waals surface area contributed by atoms with Gasteiger partial charge >= 0.3 is 0 Å². The summed E-state index contributed by atoms with van der Waals surface area (Å²) in [5, 5.41) is 0.122. The zero-order chi connectivity index (χ0) is 20.4. The predicted molar refractivity (Wildman–Crippen MR) is 112 cm³/mol. The van der Waals surface area contributed by atoms with Gasteiger partial charge in [-0.25, -0.2) is 4.39 Å². The SMILES string of the molecule is CC(=O)SC1CCN(C(C(=O)C2CC2)c2ccccc2F)C/C1=C\c1ccoc1. The Bertz CT molecular complexity index is 920. The van der Waals surface area contributed by atoms with E-state index in [1.54, 1.807) is 37.6 Å². The molecule has 0 radical (unpaired) electrons. The van der Waals surface area contributed by atoms with Gasteiger partial charge in [0.2, 0.25) is 0 Å². The third-order valence-electron chi connectivity index (χ3n) is 5.50. The number of likely N-dealkylation sites (tertiary alicyclic amines) is 1. The fraction of sp³-hybridized carbons (Fsp3) is 0.391. The van der Waals surface area contributed by atoms with Crippen molar-refractivity contribution in [2.75, 3.05) is 13.1 Å². The number of ketones is 1. The van der Waals surface area contributed by atoms with E-state index in [4.69, 9.17) is 4.42 Å². The van der Waals surface area contributed by atoms with Crippen molar-refractivity contribution in [1.29, 1.82) is 0 Å². The molecule has 4 nitrogen and oxygen atoms in total. The molecule has 1 aromatic heterocycles. The van der Waals surface area contributed by atoms with Crippen molar-refractivity contribution >= 4 is 28.7 Å². The summed E-state index contributed by atoms with van der Waals surface area (Å²) < 4.78 is 19.8. The van der Waals surface area contributed by atoms with E-state index in [0.717, 1.165) is 30.4 Å². The molecule has 2 aliphatic rings. The third kappa shape index (κ3) is 4.70. The predicted octanol–water partition coefficient (Wildman–Crippen LogP) is 4.88. The summed E-state index contributed by atoms with van der Waals surface area (Å²) >= 11 is 1.32. The van der Waals surface area contributed by atoms with Crippen LogP contribution in [0, 0.1) is 11.7 Å². The highest BCUT2D eigenvalue weighted by Gasteiger charge is 2.41. The molecule has 2 fully saturated rings. The van der Waals surface area contributed by atoms with Gasteiger partial charge in [0.25, 0.3) is 0 Å². The molecule has 0 N–H and O–H groups in total. The van der Waals surface area contributed by atoms with Crippen molar-refractivity contribution in [3.63, 3.8) is 0 Å². The molecule has 29 heavy (non-hydrogen) atoms. The Kier molecular flexibility index (Phi) is 6.01. The first-order valence-electron chi connectivity index (χ1n) is 9.95. The van der Waals surface area contributed by atoms with E-state index < -0.39 is 6.04 Å². The zero-order valence-electron chi connectivity index (χ0n) is 16.3. The highest BCUT2D eigenvalue weighted by molar-refractivity contribution is 8.14. The molecule has 152 valence electrons. The number of nitrogens with zero attached hydrogens (tertiary/aromatic N) is 1. The highest BCUT2D eigenvalue weighted by atomic mass is 32.2. The van der Waals surface area contributed by atoms with Crippen LogP contribution in [0.3, 0.4) is 0 Å². The maximum absolute atomic E-state index is 14.6. The summed E-state index contributed by atoms with van der Waals surface area (Å²) in [6, 6.07) is 7.85. The van der Waals surface area contributed by atoms with Crippen LogP contribution in [-0.2, 0) is 9.59 Å². The molecule has 0 bridgehead atoms. The molecule has 1 aliphatic heterocycles. The van der Waals surface area contributed by atoms with Gasteiger partial charge in [0.05, 0.1) is 18.6 Å². The number of hydrogen-bond donors (Lipinski definition) is 0.